The van der Waals surface area contributed by atoms with Gasteiger partial charge in [-0.05, 0) is 18.3 Å². The van der Waals surface area contributed by atoms with Crippen LogP contribution < -0.4 is 0 Å². The minimum absolute atomic E-state index is 0.133. The molecule has 0 unspecified atom stereocenters. The lowest BCUT2D eigenvalue weighted by Crippen LogP contribution is -2.08. The van der Waals surface area contributed by atoms with Crippen molar-refractivity contribution in [3.63, 3.8) is 0 Å². The predicted molar refractivity (Wildman–Crippen MR) is 47.9 cm³/mol. The molecule has 2 heteroatoms. The summed E-state index contributed by atoms with van der Waals surface area (Å²) in [4.78, 5) is 10.6. The van der Waals surface area contributed by atoms with Gasteiger partial charge in [-0.15, -0.1) is 0 Å². The molecule has 0 amide bonds. The van der Waals surface area contributed by atoms with E-state index in [1.54, 1.807) is 6.08 Å². The molecule has 66 valence electrons. The number of carboxylic acids is 1. The van der Waals surface area contributed by atoms with Crippen molar-refractivity contribution in [1.29, 1.82) is 0 Å². The molecule has 0 saturated carbocycles. The van der Waals surface area contributed by atoms with Crippen LogP contribution in [-0.4, -0.2) is 11.1 Å². The molecule has 0 aromatic carbocycles. The van der Waals surface area contributed by atoms with Crippen molar-refractivity contribution in [2.24, 2.45) is 5.41 Å². The third kappa shape index (κ3) is 2.22. The Morgan fingerprint density at radius 2 is 2.25 bits per heavy atom. The molecule has 0 saturated heterocycles. The summed E-state index contributed by atoms with van der Waals surface area (Å²) in [6.45, 7) is 4.23. The second kappa shape index (κ2) is 3.13. The highest BCUT2D eigenvalue weighted by Gasteiger charge is 2.18. The highest BCUT2D eigenvalue weighted by atomic mass is 16.4. The lowest BCUT2D eigenvalue weighted by molar-refractivity contribution is -0.132. The molecule has 0 aromatic heterocycles. The van der Waals surface area contributed by atoms with Gasteiger partial charge in [0.25, 0.3) is 0 Å². The molecule has 0 spiro atoms. The fraction of sp³-hybridized carbons (Fsp3) is 0.500. The molecule has 0 heterocycles. The molecule has 0 aromatic rings. The van der Waals surface area contributed by atoms with Crippen molar-refractivity contribution in [1.82, 2.24) is 0 Å². The second-order valence-electron chi connectivity index (χ2n) is 3.84. The zero-order valence-electron chi connectivity index (χ0n) is 7.50. The molecule has 1 rings (SSSR count). The molecule has 12 heavy (non-hydrogen) atoms. The largest absolute Gasteiger partial charge is 0.478 e. The summed E-state index contributed by atoms with van der Waals surface area (Å²) in [5.41, 5.74) is 0.644. The van der Waals surface area contributed by atoms with Gasteiger partial charge in [0, 0.05) is 5.57 Å². The topological polar surface area (TPSA) is 37.3 Å². The van der Waals surface area contributed by atoms with Gasteiger partial charge >= 0.3 is 5.97 Å². The molecule has 1 aliphatic rings. The Morgan fingerprint density at radius 1 is 1.58 bits per heavy atom. The summed E-state index contributed by atoms with van der Waals surface area (Å²) in [7, 11) is 0. The zero-order chi connectivity index (χ0) is 9.19. The van der Waals surface area contributed by atoms with E-state index >= 15 is 0 Å². The minimum Gasteiger partial charge on any atom is -0.478 e. The number of carbonyl (C=O) groups is 1. The van der Waals surface area contributed by atoms with E-state index in [0.717, 1.165) is 6.42 Å². The molecular weight excluding hydrogens is 152 g/mol. The van der Waals surface area contributed by atoms with E-state index in [-0.39, 0.29) is 5.41 Å². The summed E-state index contributed by atoms with van der Waals surface area (Å²) < 4.78 is 0. The average molecular weight is 166 g/mol. The lowest BCUT2D eigenvalue weighted by atomic mass is 9.87. The van der Waals surface area contributed by atoms with Crippen molar-refractivity contribution >= 4 is 5.97 Å². The van der Waals surface area contributed by atoms with Crippen LogP contribution in [-0.2, 0) is 4.79 Å². The number of rotatable bonds is 1. The first kappa shape index (κ1) is 9.04. The summed E-state index contributed by atoms with van der Waals surface area (Å²) in [5, 5.41) is 8.73. The van der Waals surface area contributed by atoms with Crippen LogP contribution in [0.2, 0.25) is 0 Å². The monoisotopic (exact) mass is 166 g/mol. The number of carboxylic acid groups (broad SMARTS) is 1. The Bertz CT molecular complexity index is 247. The van der Waals surface area contributed by atoms with Crippen molar-refractivity contribution in [3.05, 3.63) is 23.8 Å². The third-order valence-electron chi connectivity index (χ3n) is 2.16. The van der Waals surface area contributed by atoms with Gasteiger partial charge in [-0.1, -0.05) is 32.1 Å². The summed E-state index contributed by atoms with van der Waals surface area (Å²) in [5.74, 6) is -0.794. The van der Waals surface area contributed by atoms with E-state index in [4.69, 9.17) is 5.11 Å². The third-order valence-corrected chi connectivity index (χ3v) is 2.16. The van der Waals surface area contributed by atoms with Crippen LogP contribution in [0.15, 0.2) is 23.8 Å². The Hall–Kier alpha value is -1.05. The SMILES string of the molecule is CC1(C)C=CC=C(C(=O)O)CC1. The van der Waals surface area contributed by atoms with Gasteiger partial charge in [-0.25, -0.2) is 4.79 Å². The molecular formula is C10H14O2. The van der Waals surface area contributed by atoms with Crippen LogP contribution in [0.5, 0.6) is 0 Å². The fourth-order valence-corrected chi connectivity index (χ4v) is 1.23. The maximum Gasteiger partial charge on any atom is 0.331 e. The zero-order valence-corrected chi connectivity index (χ0v) is 7.50. The van der Waals surface area contributed by atoms with E-state index < -0.39 is 5.97 Å². The van der Waals surface area contributed by atoms with E-state index in [1.807, 2.05) is 6.08 Å². The van der Waals surface area contributed by atoms with Gasteiger partial charge in [-0.3, -0.25) is 0 Å². The number of hydrogen-bond donors (Lipinski definition) is 1. The molecule has 1 N–H and O–H groups in total. The van der Waals surface area contributed by atoms with E-state index in [9.17, 15) is 4.79 Å². The Balaban J connectivity index is 2.74. The quantitative estimate of drug-likeness (QED) is 0.649. The van der Waals surface area contributed by atoms with E-state index in [1.165, 1.54) is 0 Å². The highest BCUT2D eigenvalue weighted by molar-refractivity contribution is 5.87. The first-order valence-corrected chi connectivity index (χ1v) is 4.13. The first-order chi connectivity index (χ1) is 5.51. The lowest BCUT2D eigenvalue weighted by Gasteiger charge is -2.17. The summed E-state index contributed by atoms with van der Waals surface area (Å²) in [6, 6.07) is 0. The Labute approximate surface area is 72.6 Å². The van der Waals surface area contributed by atoms with Crippen molar-refractivity contribution in [3.8, 4) is 0 Å². The van der Waals surface area contributed by atoms with E-state index in [0.29, 0.717) is 12.0 Å². The number of hydrogen-bond acceptors (Lipinski definition) is 1. The minimum atomic E-state index is -0.794. The molecule has 0 radical (unpaired) electrons. The summed E-state index contributed by atoms with van der Waals surface area (Å²) in [6.07, 6.45) is 7.16. The van der Waals surface area contributed by atoms with Crippen LogP contribution in [0.25, 0.3) is 0 Å². The normalized spacial score (nSPS) is 21.3. The summed E-state index contributed by atoms with van der Waals surface area (Å²) >= 11 is 0. The van der Waals surface area contributed by atoms with Crippen LogP contribution in [0.4, 0.5) is 0 Å². The fourth-order valence-electron chi connectivity index (χ4n) is 1.23. The molecule has 0 bridgehead atoms. The first-order valence-electron chi connectivity index (χ1n) is 4.13. The Kier molecular flexibility index (Phi) is 2.36. The van der Waals surface area contributed by atoms with Gasteiger partial charge in [0.05, 0.1) is 0 Å². The molecule has 2 nitrogen and oxygen atoms in total. The van der Waals surface area contributed by atoms with Crippen molar-refractivity contribution in [2.45, 2.75) is 26.7 Å². The standard InChI is InChI=1S/C10H14O2/c1-10(2)6-3-4-8(5-7-10)9(11)12/h3-4,6H,5,7H2,1-2H3,(H,11,12). The average Bonchev–Trinajstić information content (AvgIpc) is 2.10. The van der Waals surface area contributed by atoms with Crippen LogP contribution in [0.1, 0.15) is 26.7 Å². The number of aliphatic carboxylic acids is 1. The highest BCUT2D eigenvalue weighted by Crippen LogP contribution is 2.28. The van der Waals surface area contributed by atoms with Gasteiger partial charge < -0.3 is 5.11 Å². The molecule has 0 aliphatic heterocycles. The van der Waals surface area contributed by atoms with Gasteiger partial charge in [0.1, 0.15) is 0 Å². The smallest absolute Gasteiger partial charge is 0.331 e. The molecule has 0 atom stereocenters. The van der Waals surface area contributed by atoms with Gasteiger partial charge in [0.15, 0.2) is 0 Å². The van der Waals surface area contributed by atoms with Crippen LogP contribution in [0.3, 0.4) is 0 Å². The van der Waals surface area contributed by atoms with Gasteiger partial charge in [0.2, 0.25) is 0 Å². The predicted octanol–water partition coefficient (Wildman–Crippen LogP) is 2.37. The maximum atomic E-state index is 10.6. The molecule has 1 aliphatic carbocycles. The number of allylic oxidation sites excluding steroid dienone is 3. The van der Waals surface area contributed by atoms with Gasteiger partial charge in [-0.2, -0.15) is 0 Å². The second-order valence-corrected chi connectivity index (χ2v) is 3.84. The Morgan fingerprint density at radius 3 is 2.83 bits per heavy atom. The molecule has 0 fully saturated rings. The van der Waals surface area contributed by atoms with Crippen molar-refractivity contribution in [2.75, 3.05) is 0 Å². The van der Waals surface area contributed by atoms with Crippen LogP contribution in [0, 0.1) is 5.41 Å². The van der Waals surface area contributed by atoms with Crippen LogP contribution >= 0.6 is 0 Å². The van der Waals surface area contributed by atoms with Crippen molar-refractivity contribution < 1.29 is 9.90 Å². The van der Waals surface area contributed by atoms with E-state index in [2.05, 4.69) is 19.9 Å². The maximum absolute atomic E-state index is 10.6.